The van der Waals surface area contributed by atoms with E-state index < -0.39 is 6.09 Å². The fourth-order valence-electron chi connectivity index (χ4n) is 1.80. The Labute approximate surface area is 124 Å². The van der Waals surface area contributed by atoms with Crippen molar-refractivity contribution in [2.24, 2.45) is 0 Å². The van der Waals surface area contributed by atoms with Crippen molar-refractivity contribution in [1.29, 1.82) is 0 Å². The van der Waals surface area contributed by atoms with Gasteiger partial charge in [-0.1, -0.05) is 29.8 Å². The molecule has 100 valence electrons. The third-order valence-electron chi connectivity index (χ3n) is 2.67. The van der Waals surface area contributed by atoms with Crippen LogP contribution in [0.3, 0.4) is 0 Å². The summed E-state index contributed by atoms with van der Waals surface area (Å²) in [6, 6.07) is 13.6. The van der Waals surface area contributed by atoms with Crippen LogP contribution in [0.2, 0.25) is 5.02 Å². The van der Waals surface area contributed by atoms with E-state index in [9.17, 15) is 4.79 Å². The summed E-state index contributed by atoms with van der Waals surface area (Å²) in [5, 5.41) is 0.504. The Morgan fingerprint density at radius 3 is 2.70 bits per heavy atom. The monoisotopic (exact) mass is 305 g/mol. The van der Waals surface area contributed by atoms with Gasteiger partial charge in [0.1, 0.15) is 5.75 Å². The Balaban J connectivity index is 2.04. The van der Waals surface area contributed by atoms with E-state index in [2.05, 4.69) is 0 Å². The van der Waals surface area contributed by atoms with E-state index in [1.807, 2.05) is 6.07 Å². The molecule has 0 radical (unpaired) electrons. The minimum atomic E-state index is -0.623. The number of rotatable bonds is 1. The largest absolute Gasteiger partial charge is 0.429 e. The second-order valence-electron chi connectivity index (χ2n) is 4.00. The van der Waals surface area contributed by atoms with Crippen molar-refractivity contribution in [3.05, 3.63) is 58.4 Å². The Morgan fingerprint density at radius 1 is 1.20 bits per heavy atom. The number of nitrogens with zero attached hydrogens (tertiary/aromatic N) is 1. The van der Waals surface area contributed by atoms with Crippen LogP contribution >= 0.6 is 23.8 Å². The van der Waals surface area contributed by atoms with E-state index >= 15 is 0 Å². The lowest BCUT2D eigenvalue weighted by molar-refractivity contribution is 0.202. The third kappa shape index (κ3) is 2.33. The molecule has 0 amide bonds. The lowest BCUT2D eigenvalue weighted by Gasteiger charge is -2.04. The molecular weight excluding hydrogens is 298 g/mol. The molecule has 1 heterocycles. The molecule has 0 aliphatic carbocycles. The predicted molar refractivity (Wildman–Crippen MR) is 77.9 cm³/mol. The Kier molecular flexibility index (Phi) is 3.30. The Bertz CT molecular complexity index is 838. The predicted octanol–water partition coefficient (Wildman–Crippen LogP) is 4.66. The molecule has 3 rings (SSSR count). The van der Waals surface area contributed by atoms with Crippen molar-refractivity contribution in [1.82, 2.24) is 4.57 Å². The average Bonchev–Trinajstić information content (AvgIpc) is 2.74. The van der Waals surface area contributed by atoms with Crippen LogP contribution in [0, 0.1) is 4.84 Å². The van der Waals surface area contributed by atoms with E-state index in [4.69, 9.17) is 33.0 Å². The quantitative estimate of drug-likeness (QED) is 0.613. The fraction of sp³-hybridized carbons (Fsp3) is 0. The minimum Gasteiger partial charge on any atom is -0.429 e. The van der Waals surface area contributed by atoms with E-state index in [-0.39, 0.29) is 4.84 Å². The first kappa shape index (κ1) is 12.9. The lowest BCUT2D eigenvalue weighted by Crippen LogP contribution is -2.16. The fourth-order valence-corrected chi connectivity index (χ4v) is 2.23. The number of hydrogen-bond acceptors (Lipinski definition) is 4. The summed E-state index contributed by atoms with van der Waals surface area (Å²) in [5.74, 6) is 0.433. The van der Waals surface area contributed by atoms with Crippen LogP contribution in [-0.2, 0) is 0 Å². The molecule has 0 atom stereocenters. The highest BCUT2D eigenvalue weighted by Crippen LogP contribution is 2.22. The van der Waals surface area contributed by atoms with Crippen LogP contribution in [0.15, 0.2) is 52.9 Å². The molecule has 0 N–H and O–H groups in total. The van der Waals surface area contributed by atoms with Crippen molar-refractivity contribution in [3.63, 3.8) is 0 Å². The van der Waals surface area contributed by atoms with Gasteiger partial charge < -0.3 is 9.15 Å². The maximum Gasteiger partial charge on any atom is 0.427 e. The van der Waals surface area contributed by atoms with Crippen LogP contribution in [0.1, 0.15) is 0 Å². The van der Waals surface area contributed by atoms with Gasteiger partial charge in [-0.25, -0.2) is 9.36 Å². The first-order valence-corrected chi connectivity index (χ1v) is 6.52. The molecule has 0 saturated carbocycles. The van der Waals surface area contributed by atoms with Crippen molar-refractivity contribution in [2.75, 3.05) is 0 Å². The molecule has 0 fully saturated rings. The number of carbonyl (C=O) groups is 1. The maximum absolute atomic E-state index is 12.2. The third-order valence-corrected chi connectivity index (χ3v) is 3.17. The van der Waals surface area contributed by atoms with Gasteiger partial charge in [-0.2, -0.15) is 0 Å². The number of oxazole rings is 1. The second kappa shape index (κ2) is 5.11. The SMILES string of the molecule is O=C(Oc1ccccc1)n1c(=S)oc2cc(Cl)ccc21. The van der Waals surface area contributed by atoms with Gasteiger partial charge in [-0.05, 0) is 36.5 Å². The van der Waals surface area contributed by atoms with Gasteiger partial charge in [-0.15, -0.1) is 0 Å². The van der Waals surface area contributed by atoms with Gasteiger partial charge in [-0.3, -0.25) is 0 Å². The van der Waals surface area contributed by atoms with Gasteiger partial charge in [0, 0.05) is 11.1 Å². The summed E-state index contributed by atoms with van der Waals surface area (Å²) in [6.07, 6.45) is -0.623. The molecule has 6 heteroatoms. The standard InChI is InChI=1S/C14H8ClNO3S/c15-9-6-7-11-12(8-9)19-14(20)16(11)13(17)18-10-4-2-1-3-5-10/h1-8H. The van der Waals surface area contributed by atoms with Crippen molar-refractivity contribution in [2.45, 2.75) is 0 Å². The number of fused-ring (bicyclic) bond motifs is 1. The number of halogens is 1. The highest BCUT2D eigenvalue weighted by molar-refractivity contribution is 7.71. The zero-order valence-corrected chi connectivity index (χ0v) is 11.6. The summed E-state index contributed by atoms with van der Waals surface area (Å²) in [5.41, 5.74) is 0.952. The van der Waals surface area contributed by atoms with Gasteiger partial charge in [0.2, 0.25) is 0 Å². The van der Waals surface area contributed by atoms with E-state index in [0.717, 1.165) is 0 Å². The number of benzene rings is 2. The van der Waals surface area contributed by atoms with Gasteiger partial charge in [0.25, 0.3) is 4.84 Å². The molecule has 0 aliphatic heterocycles. The topological polar surface area (TPSA) is 44.4 Å². The van der Waals surface area contributed by atoms with Gasteiger partial charge in [0.15, 0.2) is 5.58 Å². The van der Waals surface area contributed by atoms with Crippen molar-refractivity contribution in [3.8, 4) is 5.75 Å². The highest BCUT2D eigenvalue weighted by atomic mass is 35.5. The van der Waals surface area contributed by atoms with Crippen LogP contribution in [0.5, 0.6) is 5.75 Å². The Morgan fingerprint density at radius 2 is 1.95 bits per heavy atom. The highest BCUT2D eigenvalue weighted by Gasteiger charge is 2.16. The van der Waals surface area contributed by atoms with E-state index in [1.54, 1.807) is 42.5 Å². The summed E-state index contributed by atoms with van der Waals surface area (Å²) in [7, 11) is 0. The van der Waals surface area contributed by atoms with E-state index in [0.29, 0.717) is 21.9 Å². The number of ether oxygens (including phenoxy) is 1. The molecular formula is C14H8ClNO3S. The summed E-state index contributed by atoms with van der Waals surface area (Å²) >= 11 is 10.9. The molecule has 3 aromatic rings. The zero-order chi connectivity index (χ0) is 14.1. The summed E-state index contributed by atoms with van der Waals surface area (Å²) < 4.78 is 11.8. The molecule has 1 aromatic heterocycles. The number of hydrogen-bond donors (Lipinski definition) is 0. The molecule has 4 nitrogen and oxygen atoms in total. The zero-order valence-electron chi connectivity index (χ0n) is 10.1. The van der Waals surface area contributed by atoms with Crippen molar-refractivity contribution >= 4 is 41.0 Å². The van der Waals surface area contributed by atoms with Gasteiger partial charge in [0.05, 0.1) is 5.52 Å². The molecule has 0 spiro atoms. The summed E-state index contributed by atoms with van der Waals surface area (Å²) in [4.78, 5) is 12.2. The average molecular weight is 306 g/mol. The number of para-hydroxylation sites is 1. The van der Waals surface area contributed by atoms with Crippen LogP contribution < -0.4 is 4.74 Å². The first-order chi connectivity index (χ1) is 9.65. The lowest BCUT2D eigenvalue weighted by atomic mass is 10.3. The van der Waals surface area contributed by atoms with Crippen LogP contribution in [-0.4, -0.2) is 10.7 Å². The maximum atomic E-state index is 12.2. The molecule has 2 aromatic carbocycles. The normalized spacial score (nSPS) is 10.7. The molecule has 0 bridgehead atoms. The van der Waals surface area contributed by atoms with E-state index in [1.165, 1.54) is 4.57 Å². The number of aromatic nitrogens is 1. The molecule has 0 unspecified atom stereocenters. The van der Waals surface area contributed by atoms with Gasteiger partial charge >= 0.3 is 6.09 Å². The molecule has 0 saturated heterocycles. The first-order valence-electron chi connectivity index (χ1n) is 5.73. The second-order valence-corrected chi connectivity index (χ2v) is 4.78. The number of carbonyl (C=O) groups excluding carboxylic acids is 1. The van der Waals surface area contributed by atoms with Crippen molar-refractivity contribution < 1.29 is 13.9 Å². The molecule has 0 aliphatic rings. The summed E-state index contributed by atoms with van der Waals surface area (Å²) in [6.45, 7) is 0. The van der Waals surface area contributed by atoms with Crippen LogP contribution in [0.4, 0.5) is 4.79 Å². The van der Waals surface area contributed by atoms with Crippen LogP contribution in [0.25, 0.3) is 11.1 Å². The smallest absolute Gasteiger partial charge is 0.427 e. The Hall–Kier alpha value is -2.11. The minimum absolute atomic E-state index is 0.0168. The molecule has 20 heavy (non-hydrogen) atoms.